The van der Waals surface area contributed by atoms with E-state index in [1.165, 1.54) is 3.57 Å². The smallest absolute Gasteiger partial charge is 0.238 e. The van der Waals surface area contributed by atoms with Crippen LogP contribution in [0.4, 0.5) is 5.69 Å². The van der Waals surface area contributed by atoms with Gasteiger partial charge in [0.1, 0.15) is 0 Å². The Bertz CT molecular complexity index is 465. The van der Waals surface area contributed by atoms with Crippen LogP contribution in [-0.2, 0) is 9.53 Å². The topological polar surface area (TPSA) is 41.6 Å². The van der Waals surface area contributed by atoms with Crippen LogP contribution >= 0.6 is 22.6 Å². The average Bonchev–Trinajstić information content (AvgIpc) is 2.33. The van der Waals surface area contributed by atoms with Crippen molar-refractivity contribution in [2.24, 2.45) is 0 Å². The van der Waals surface area contributed by atoms with Crippen molar-refractivity contribution in [1.29, 1.82) is 0 Å². The third kappa shape index (κ3) is 4.43. The molecular formula is C14H19IN2O2. The van der Waals surface area contributed by atoms with Crippen molar-refractivity contribution < 1.29 is 9.53 Å². The zero-order valence-corrected chi connectivity index (χ0v) is 13.4. The number of hydrogen-bond donors (Lipinski definition) is 1. The molecule has 1 aromatic carbocycles. The minimum absolute atomic E-state index is 0.0402. The van der Waals surface area contributed by atoms with Crippen LogP contribution < -0.4 is 5.32 Å². The molecule has 0 unspecified atom stereocenters. The first-order valence-corrected chi connectivity index (χ1v) is 7.52. The Balaban J connectivity index is 1.90. The lowest BCUT2D eigenvalue weighted by Gasteiger charge is -2.30. The van der Waals surface area contributed by atoms with E-state index in [0.29, 0.717) is 13.2 Å². The zero-order chi connectivity index (χ0) is 13.8. The second kappa shape index (κ2) is 6.67. The summed E-state index contributed by atoms with van der Waals surface area (Å²) in [6, 6.07) is 6.02. The molecule has 1 aromatic rings. The molecule has 0 saturated carbocycles. The van der Waals surface area contributed by atoms with E-state index in [9.17, 15) is 4.79 Å². The van der Waals surface area contributed by atoms with Crippen LogP contribution in [0.2, 0.25) is 0 Å². The number of carbonyl (C=O) groups excluding carboxylic acids is 1. The second-order valence-electron chi connectivity index (χ2n) is 4.92. The van der Waals surface area contributed by atoms with E-state index in [2.05, 4.69) is 38.9 Å². The van der Waals surface area contributed by atoms with Crippen LogP contribution in [0.3, 0.4) is 0 Å². The van der Waals surface area contributed by atoms with Crippen molar-refractivity contribution in [3.05, 3.63) is 27.3 Å². The van der Waals surface area contributed by atoms with Crippen molar-refractivity contribution in [1.82, 2.24) is 4.90 Å². The van der Waals surface area contributed by atoms with E-state index in [0.717, 1.165) is 24.3 Å². The number of halogens is 1. The van der Waals surface area contributed by atoms with Gasteiger partial charge in [-0.25, -0.2) is 0 Å². The summed E-state index contributed by atoms with van der Waals surface area (Å²) in [5.41, 5.74) is 1.99. The first-order chi connectivity index (χ1) is 9.04. The summed E-state index contributed by atoms with van der Waals surface area (Å²) in [6.45, 7) is 6.82. The molecule has 0 radical (unpaired) electrons. The Morgan fingerprint density at radius 3 is 3.05 bits per heavy atom. The monoisotopic (exact) mass is 374 g/mol. The molecule has 1 amide bonds. The molecular weight excluding hydrogens is 355 g/mol. The lowest BCUT2D eigenvalue weighted by atomic mass is 10.2. The van der Waals surface area contributed by atoms with E-state index in [4.69, 9.17) is 4.74 Å². The zero-order valence-electron chi connectivity index (χ0n) is 11.3. The Morgan fingerprint density at radius 1 is 1.58 bits per heavy atom. The van der Waals surface area contributed by atoms with Gasteiger partial charge in [0.05, 0.1) is 19.3 Å². The highest BCUT2D eigenvalue weighted by Gasteiger charge is 2.19. The van der Waals surface area contributed by atoms with Crippen LogP contribution in [0.5, 0.6) is 0 Å². The summed E-state index contributed by atoms with van der Waals surface area (Å²) in [7, 11) is 0. The molecule has 104 valence electrons. The number of carbonyl (C=O) groups is 1. The minimum Gasteiger partial charge on any atom is -0.376 e. The lowest BCUT2D eigenvalue weighted by Crippen LogP contribution is -2.44. The average molecular weight is 374 g/mol. The van der Waals surface area contributed by atoms with Gasteiger partial charge in [0.15, 0.2) is 0 Å². The number of hydrogen-bond acceptors (Lipinski definition) is 3. The van der Waals surface area contributed by atoms with Gasteiger partial charge in [-0.05, 0) is 60.2 Å². The number of ether oxygens (including phenoxy) is 1. The van der Waals surface area contributed by atoms with Crippen molar-refractivity contribution >= 4 is 34.2 Å². The maximum atomic E-state index is 12.0. The van der Waals surface area contributed by atoms with Crippen LogP contribution in [0.15, 0.2) is 18.2 Å². The number of benzene rings is 1. The molecule has 1 saturated heterocycles. The molecule has 0 spiro atoms. The maximum Gasteiger partial charge on any atom is 0.238 e. The molecule has 2 rings (SSSR count). The van der Waals surface area contributed by atoms with Gasteiger partial charge in [0.2, 0.25) is 5.91 Å². The predicted molar refractivity (Wildman–Crippen MR) is 84.4 cm³/mol. The quantitative estimate of drug-likeness (QED) is 0.826. The number of anilines is 1. The van der Waals surface area contributed by atoms with Crippen molar-refractivity contribution in [2.75, 3.05) is 31.6 Å². The molecule has 4 nitrogen and oxygen atoms in total. The molecule has 0 aromatic heterocycles. The summed E-state index contributed by atoms with van der Waals surface area (Å²) in [5.74, 6) is 0.0402. The summed E-state index contributed by atoms with van der Waals surface area (Å²) in [4.78, 5) is 14.2. The van der Waals surface area contributed by atoms with Crippen LogP contribution in [0, 0.1) is 10.5 Å². The fraction of sp³-hybridized carbons (Fsp3) is 0.500. The number of aryl methyl sites for hydroxylation is 1. The van der Waals surface area contributed by atoms with E-state index in [1.807, 2.05) is 26.0 Å². The lowest BCUT2D eigenvalue weighted by molar-refractivity contribution is -0.119. The van der Waals surface area contributed by atoms with Gasteiger partial charge in [0, 0.05) is 22.3 Å². The van der Waals surface area contributed by atoms with Gasteiger partial charge >= 0.3 is 0 Å². The second-order valence-corrected chi connectivity index (χ2v) is 6.17. The molecule has 0 aliphatic carbocycles. The van der Waals surface area contributed by atoms with Gasteiger partial charge < -0.3 is 10.1 Å². The molecule has 1 N–H and O–H groups in total. The number of morpholine rings is 1. The highest BCUT2D eigenvalue weighted by molar-refractivity contribution is 14.1. The van der Waals surface area contributed by atoms with E-state index in [1.54, 1.807) is 0 Å². The minimum atomic E-state index is 0.0402. The molecule has 0 bridgehead atoms. The largest absolute Gasteiger partial charge is 0.376 e. The number of nitrogens with zero attached hydrogens (tertiary/aromatic N) is 1. The summed E-state index contributed by atoms with van der Waals surface area (Å²) in [6.07, 6.45) is 0.210. The number of rotatable bonds is 3. The Morgan fingerprint density at radius 2 is 2.37 bits per heavy atom. The van der Waals surface area contributed by atoms with Crippen molar-refractivity contribution in [3.63, 3.8) is 0 Å². The van der Waals surface area contributed by atoms with Crippen molar-refractivity contribution in [2.45, 2.75) is 20.0 Å². The first kappa shape index (κ1) is 14.7. The number of nitrogens with one attached hydrogen (secondary N) is 1. The summed E-state index contributed by atoms with van der Waals surface area (Å²) < 4.78 is 6.64. The van der Waals surface area contributed by atoms with E-state index in [-0.39, 0.29) is 12.0 Å². The standard InChI is InChI=1S/C14H19IN2O2/c1-10-7-12(15)3-4-13(10)16-14(18)9-17-5-6-19-11(2)8-17/h3-4,7,11H,5-6,8-9H2,1-2H3,(H,16,18)/t11-/m1/s1. The van der Waals surface area contributed by atoms with Gasteiger partial charge in [0.25, 0.3) is 0 Å². The predicted octanol–water partition coefficient (Wildman–Crippen LogP) is 2.26. The highest BCUT2D eigenvalue weighted by atomic mass is 127. The molecule has 1 aliphatic heterocycles. The van der Waals surface area contributed by atoms with E-state index >= 15 is 0 Å². The fourth-order valence-corrected chi connectivity index (χ4v) is 2.84. The van der Waals surface area contributed by atoms with Crippen LogP contribution in [-0.4, -0.2) is 43.2 Å². The fourth-order valence-electron chi connectivity index (χ4n) is 2.19. The maximum absolute atomic E-state index is 12.0. The van der Waals surface area contributed by atoms with Gasteiger partial charge in [-0.1, -0.05) is 0 Å². The highest BCUT2D eigenvalue weighted by Crippen LogP contribution is 2.17. The summed E-state index contributed by atoms with van der Waals surface area (Å²) >= 11 is 2.27. The molecule has 1 fully saturated rings. The van der Waals surface area contributed by atoms with Crippen molar-refractivity contribution in [3.8, 4) is 0 Å². The third-order valence-electron chi connectivity index (χ3n) is 3.15. The number of amides is 1. The Labute approximate surface area is 127 Å². The Hall–Kier alpha value is -0.660. The Kier molecular flexibility index (Phi) is 5.18. The molecule has 5 heteroatoms. The first-order valence-electron chi connectivity index (χ1n) is 6.44. The van der Waals surface area contributed by atoms with Crippen LogP contribution in [0.1, 0.15) is 12.5 Å². The molecule has 1 atom stereocenters. The van der Waals surface area contributed by atoms with Crippen LogP contribution in [0.25, 0.3) is 0 Å². The van der Waals surface area contributed by atoms with E-state index < -0.39 is 0 Å². The van der Waals surface area contributed by atoms with Gasteiger partial charge in [-0.3, -0.25) is 9.69 Å². The van der Waals surface area contributed by atoms with Gasteiger partial charge in [-0.2, -0.15) is 0 Å². The third-order valence-corrected chi connectivity index (χ3v) is 3.83. The summed E-state index contributed by atoms with van der Waals surface area (Å²) in [5, 5.41) is 2.97. The molecule has 19 heavy (non-hydrogen) atoms. The normalized spacial score (nSPS) is 20.3. The molecule has 1 heterocycles. The SMILES string of the molecule is Cc1cc(I)ccc1NC(=O)CN1CCO[C@H](C)C1. The molecule has 1 aliphatic rings. The van der Waals surface area contributed by atoms with Gasteiger partial charge in [-0.15, -0.1) is 0 Å².